The maximum absolute atomic E-state index is 12.2. The Morgan fingerprint density at radius 2 is 2.00 bits per heavy atom. The van der Waals surface area contributed by atoms with Crippen LogP contribution in [0.2, 0.25) is 0 Å². The van der Waals surface area contributed by atoms with E-state index in [0.717, 1.165) is 16.9 Å². The third kappa shape index (κ3) is 3.71. The second-order valence-electron chi connectivity index (χ2n) is 5.80. The molecule has 7 heteroatoms. The number of nitrogens with zero attached hydrogens (tertiary/aromatic N) is 3. The van der Waals surface area contributed by atoms with Crippen molar-refractivity contribution < 1.29 is 9.59 Å². The number of aromatic amines is 1. The quantitative estimate of drug-likeness (QED) is 0.520. The standard InChI is InChI=1S/C18H18N4O2S/c1-11-4-6-15(7-5-11)22-17(24)10-25-18(22)21-19-9-14-8-16(13(3)23)12(2)20-14/h4-9,20H,10H2,1-3H3/b19-9+,21-18-. The Balaban J connectivity index is 1.82. The molecule has 2 heterocycles. The second-order valence-corrected chi connectivity index (χ2v) is 6.74. The minimum atomic E-state index is -0.0163. The summed E-state index contributed by atoms with van der Waals surface area (Å²) in [6.07, 6.45) is 1.54. The highest BCUT2D eigenvalue weighted by atomic mass is 32.2. The van der Waals surface area contributed by atoms with Crippen LogP contribution < -0.4 is 4.90 Å². The van der Waals surface area contributed by atoms with Crippen molar-refractivity contribution in [2.24, 2.45) is 10.2 Å². The lowest BCUT2D eigenvalue weighted by molar-refractivity contribution is -0.115. The Hall–Kier alpha value is -2.67. The van der Waals surface area contributed by atoms with Crippen LogP contribution in [0.5, 0.6) is 0 Å². The molecule has 0 radical (unpaired) electrons. The minimum Gasteiger partial charge on any atom is -0.357 e. The Labute approximate surface area is 150 Å². The molecule has 128 valence electrons. The zero-order valence-electron chi connectivity index (χ0n) is 14.2. The van der Waals surface area contributed by atoms with Crippen LogP contribution in [0.15, 0.2) is 40.5 Å². The maximum Gasteiger partial charge on any atom is 0.243 e. The van der Waals surface area contributed by atoms with Crippen LogP contribution in [0.25, 0.3) is 0 Å². The van der Waals surface area contributed by atoms with Gasteiger partial charge in [-0.3, -0.25) is 14.5 Å². The predicted octanol–water partition coefficient (Wildman–Crippen LogP) is 3.30. The van der Waals surface area contributed by atoms with Crippen LogP contribution in [-0.4, -0.2) is 33.8 Å². The van der Waals surface area contributed by atoms with Gasteiger partial charge in [0, 0.05) is 11.3 Å². The van der Waals surface area contributed by atoms with Gasteiger partial charge in [-0.1, -0.05) is 29.5 Å². The van der Waals surface area contributed by atoms with Crippen molar-refractivity contribution in [2.75, 3.05) is 10.7 Å². The first-order valence-corrected chi connectivity index (χ1v) is 8.78. The van der Waals surface area contributed by atoms with Gasteiger partial charge in [-0.2, -0.15) is 5.10 Å². The van der Waals surface area contributed by atoms with E-state index in [1.807, 2.05) is 38.1 Å². The van der Waals surface area contributed by atoms with Crippen LogP contribution in [0.1, 0.15) is 34.2 Å². The fraction of sp³-hybridized carbons (Fsp3) is 0.222. The van der Waals surface area contributed by atoms with Gasteiger partial charge in [0.2, 0.25) is 5.91 Å². The molecule has 1 aliphatic rings. The van der Waals surface area contributed by atoms with Crippen molar-refractivity contribution >= 4 is 40.5 Å². The molecule has 0 unspecified atom stereocenters. The number of hydrogen-bond donors (Lipinski definition) is 1. The van der Waals surface area contributed by atoms with E-state index in [1.54, 1.807) is 17.2 Å². The van der Waals surface area contributed by atoms with Crippen molar-refractivity contribution in [3.05, 3.63) is 52.8 Å². The summed E-state index contributed by atoms with van der Waals surface area (Å²) in [5.74, 6) is 0.331. The van der Waals surface area contributed by atoms with Crippen LogP contribution in [0.3, 0.4) is 0 Å². The van der Waals surface area contributed by atoms with Crippen molar-refractivity contribution in [1.29, 1.82) is 0 Å². The Bertz CT molecular complexity index is 881. The number of thioether (sulfide) groups is 1. The van der Waals surface area contributed by atoms with Gasteiger partial charge in [0.05, 0.1) is 23.3 Å². The number of anilines is 1. The van der Waals surface area contributed by atoms with Gasteiger partial charge < -0.3 is 4.98 Å². The van der Waals surface area contributed by atoms with Gasteiger partial charge in [-0.05, 0) is 39.0 Å². The third-order valence-electron chi connectivity index (χ3n) is 3.81. The van der Waals surface area contributed by atoms with Gasteiger partial charge in [0.15, 0.2) is 11.0 Å². The highest BCUT2D eigenvalue weighted by Crippen LogP contribution is 2.27. The monoisotopic (exact) mass is 354 g/mol. The number of nitrogens with one attached hydrogen (secondary N) is 1. The third-order valence-corrected chi connectivity index (χ3v) is 4.73. The molecular formula is C18H18N4O2S. The summed E-state index contributed by atoms with van der Waals surface area (Å²) in [4.78, 5) is 28.3. The van der Waals surface area contributed by atoms with E-state index in [-0.39, 0.29) is 11.7 Å². The molecule has 0 atom stereocenters. The molecule has 2 aromatic rings. The number of aromatic nitrogens is 1. The second kappa shape index (κ2) is 7.06. The average Bonchev–Trinajstić information content (AvgIpc) is 3.12. The van der Waals surface area contributed by atoms with Crippen LogP contribution in [0, 0.1) is 13.8 Å². The van der Waals surface area contributed by atoms with E-state index in [0.29, 0.717) is 22.2 Å². The van der Waals surface area contributed by atoms with Crippen molar-refractivity contribution in [3.8, 4) is 0 Å². The summed E-state index contributed by atoms with van der Waals surface area (Å²) in [5, 5.41) is 8.79. The van der Waals surface area contributed by atoms with Gasteiger partial charge >= 0.3 is 0 Å². The summed E-state index contributed by atoms with van der Waals surface area (Å²) < 4.78 is 0. The molecule has 1 fully saturated rings. The molecule has 0 spiro atoms. The molecule has 0 aliphatic carbocycles. The van der Waals surface area contributed by atoms with E-state index in [9.17, 15) is 9.59 Å². The number of rotatable bonds is 4. The first-order valence-electron chi connectivity index (χ1n) is 7.79. The molecule has 1 aromatic carbocycles. The Morgan fingerprint density at radius 1 is 1.28 bits per heavy atom. The minimum absolute atomic E-state index is 0.00204. The van der Waals surface area contributed by atoms with E-state index >= 15 is 0 Å². The summed E-state index contributed by atoms with van der Waals surface area (Å²) in [7, 11) is 0. The number of Topliss-reactive ketones (excluding diaryl/α,β-unsaturated/α-hetero) is 1. The average molecular weight is 354 g/mol. The smallest absolute Gasteiger partial charge is 0.243 e. The Morgan fingerprint density at radius 3 is 2.64 bits per heavy atom. The fourth-order valence-electron chi connectivity index (χ4n) is 2.54. The van der Waals surface area contributed by atoms with Gasteiger partial charge in [-0.25, -0.2) is 0 Å². The lowest BCUT2D eigenvalue weighted by atomic mass is 10.2. The number of hydrogen-bond acceptors (Lipinski definition) is 5. The highest BCUT2D eigenvalue weighted by molar-refractivity contribution is 8.15. The molecule has 25 heavy (non-hydrogen) atoms. The van der Waals surface area contributed by atoms with E-state index < -0.39 is 0 Å². The number of aryl methyl sites for hydroxylation is 2. The van der Waals surface area contributed by atoms with Crippen molar-refractivity contribution in [3.63, 3.8) is 0 Å². The first-order chi connectivity index (χ1) is 12.0. The van der Waals surface area contributed by atoms with Gasteiger partial charge in [0.1, 0.15) is 0 Å². The van der Waals surface area contributed by atoms with Crippen molar-refractivity contribution in [1.82, 2.24) is 4.98 Å². The molecule has 1 amide bonds. The number of H-pyrrole nitrogens is 1. The van der Waals surface area contributed by atoms with Gasteiger partial charge in [-0.15, -0.1) is 5.10 Å². The van der Waals surface area contributed by atoms with Crippen LogP contribution in [0.4, 0.5) is 5.69 Å². The van der Waals surface area contributed by atoms with Gasteiger partial charge in [0.25, 0.3) is 0 Å². The predicted molar refractivity (Wildman–Crippen MR) is 102 cm³/mol. The maximum atomic E-state index is 12.2. The normalized spacial score (nSPS) is 16.4. The lowest BCUT2D eigenvalue weighted by Gasteiger charge is -2.15. The molecule has 1 saturated heterocycles. The molecule has 1 aliphatic heterocycles. The molecular weight excluding hydrogens is 336 g/mol. The number of carbonyl (C=O) groups is 2. The summed E-state index contributed by atoms with van der Waals surface area (Å²) in [6, 6.07) is 9.44. The lowest BCUT2D eigenvalue weighted by Crippen LogP contribution is -2.28. The molecule has 0 bridgehead atoms. The summed E-state index contributed by atoms with van der Waals surface area (Å²) in [6.45, 7) is 5.36. The first kappa shape index (κ1) is 17.2. The van der Waals surface area contributed by atoms with Crippen LogP contribution in [-0.2, 0) is 4.79 Å². The molecule has 0 saturated carbocycles. The summed E-state index contributed by atoms with van der Waals surface area (Å²) in [5.41, 5.74) is 4.05. The Kier molecular flexibility index (Phi) is 4.85. The number of amides is 1. The van der Waals surface area contributed by atoms with E-state index in [4.69, 9.17) is 0 Å². The van der Waals surface area contributed by atoms with E-state index in [2.05, 4.69) is 15.2 Å². The number of ketones is 1. The summed E-state index contributed by atoms with van der Waals surface area (Å²) >= 11 is 1.35. The molecule has 1 N–H and O–H groups in total. The molecule has 6 nitrogen and oxygen atoms in total. The topological polar surface area (TPSA) is 77.9 Å². The highest BCUT2D eigenvalue weighted by Gasteiger charge is 2.29. The van der Waals surface area contributed by atoms with Crippen molar-refractivity contribution in [2.45, 2.75) is 20.8 Å². The number of benzene rings is 1. The largest absolute Gasteiger partial charge is 0.357 e. The number of carbonyl (C=O) groups excluding carboxylic acids is 2. The zero-order valence-corrected chi connectivity index (χ0v) is 15.1. The fourth-order valence-corrected chi connectivity index (χ4v) is 3.37. The molecule has 3 rings (SSSR count). The number of amidine groups is 1. The SMILES string of the molecule is CC(=O)c1cc(/C=N/N=C2\SCC(=O)N2c2ccc(C)cc2)[nH]c1C. The zero-order chi connectivity index (χ0) is 18.0. The van der Waals surface area contributed by atoms with Crippen LogP contribution >= 0.6 is 11.8 Å². The molecule has 1 aromatic heterocycles. The van der Waals surface area contributed by atoms with E-state index in [1.165, 1.54) is 18.7 Å².